The Morgan fingerprint density at radius 2 is 2.17 bits per heavy atom. The van der Waals surface area contributed by atoms with Crippen LogP contribution in [0.3, 0.4) is 0 Å². The van der Waals surface area contributed by atoms with Crippen molar-refractivity contribution >= 4 is 52.5 Å². The van der Waals surface area contributed by atoms with Gasteiger partial charge in [-0.2, -0.15) is 5.10 Å². The first-order chi connectivity index (χ1) is 19.3. The first-order valence-electron chi connectivity index (χ1n) is 12.5. The number of ether oxygens (including phenoxy) is 1. The summed E-state index contributed by atoms with van der Waals surface area (Å²) in [7, 11) is 0. The molecule has 0 unspecified atom stereocenters. The number of aromatic nitrogens is 6. The van der Waals surface area contributed by atoms with Crippen LogP contribution in [0.4, 0.5) is 10.2 Å². The average Bonchev–Trinajstić information content (AvgIpc) is 3.53. The molecule has 0 spiro atoms. The van der Waals surface area contributed by atoms with Crippen molar-refractivity contribution in [3.8, 4) is 17.0 Å². The van der Waals surface area contributed by atoms with E-state index in [0.717, 1.165) is 22.5 Å². The number of carbonyl (C=O) groups is 1. The third-order valence-corrected chi connectivity index (χ3v) is 7.83. The molecule has 6 rings (SSSR count). The predicted molar refractivity (Wildman–Crippen MR) is 150 cm³/mol. The van der Waals surface area contributed by atoms with Crippen molar-refractivity contribution in [1.29, 1.82) is 0 Å². The van der Waals surface area contributed by atoms with Crippen LogP contribution in [-0.2, 0) is 0 Å². The summed E-state index contributed by atoms with van der Waals surface area (Å²) in [5, 5.41) is 26.1. The summed E-state index contributed by atoms with van der Waals surface area (Å²) in [5.41, 5.74) is 2.82. The molecule has 1 fully saturated rings. The number of aliphatic hydroxyl groups is 1. The highest BCUT2D eigenvalue weighted by Crippen LogP contribution is 2.33. The van der Waals surface area contributed by atoms with Crippen LogP contribution in [0.2, 0.25) is 5.02 Å². The number of rotatable bonds is 6. The molecule has 40 heavy (non-hydrogen) atoms. The van der Waals surface area contributed by atoms with Crippen LogP contribution in [0, 0.1) is 5.82 Å². The fourth-order valence-electron chi connectivity index (χ4n) is 4.82. The molecule has 0 saturated carbocycles. The van der Waals surface area contributed by atoms with Gasteiger partial charge in [-0.3, -0.25) is 14.9 Å². The van der Waals surface area contributed by atoms with Crippen LogP contribution >= 0.6 is 24.2 Å². The van der Waals surface area contributed by atoms with Crippen molar-refractivity contribution < 1.29 is 19.0 Å². The molecule has 14 heteroatoms. The lowest BCUT2D eigenvalue weighted by Gasteiger charge is -2.43. The van der Waals surface area contributed by atoms with Gasteiger partial charge in [-0.15, -0.1) is 17.7 Å². The van der Waals surface area contributed by atoms with Crippen molar-refractivity contribution in [3.05, 3.63) is 65.5 Å². The Hall–Kier alpha value is -3.94. The standard InChI is InChI=1S/C26H24ClFN8O3S/c1-2-39-15-8-17(23-18-9-31-33-24(18)34-36(23)12-15)20-10-30-22(11-29-20)35-6-5-26(40,21(37)13-35)32-25(38)16-7-14(28)3-4-19(16)27/h3-4,7-12,21,37,40H,2,5-6,13H2,1H3,(H,32,38)(H,33,34)/t21-,26-/m0/s1. The topological polar surface area (TPSA) is 134 Å². The van der Waals surface area contributed by atoms with Gasteiger partial charge in [0.1, 0.15) is 28.4 Å². The van der Waals surface area contributed by atoms with Crippen LogP contribution in [-0.4, -0.2) is 71.5 Å². The van der Waals surface area contributed by atoms with Crippen LogP contribution < -0.4 is 15.0 Å². The summed E-state index contributed by atoms with van der Waals surface area (Å²) in [5.74, 6) is -0.0206. The Kier molecular flexibility index (Phi) is 6.72. The molecule has 1 saturated heterocycles. The molecule has 3 N–H and O–H groups in total. The van der Waals surface area contributed by atoms with E-state index >= 15 is 0 Å². The smallest absolute Gasteiger partial charge is 0.254 e. The van der Waals surface area contributed by atoms with Gasteiger partial charge in [0.2, 0.25) is 0 Å². The normalized spacial score (nSPS) is 19.3. The van der Waals surface area contributed by atoms with Gasteiger partial charge in [-0.05, 0) is 37.6 Å². The zero-order valence-electron chi connectivity index (χ0n) is 21.2. The fourth-order valence-corrected chi connectivity index (χ4v) is 5.30. The zero-order chi connectivity index (χ0) is 28.0. The molecule has 5 aromatic rings. The van der Waals surface area contributed by atoms with Gasteiger partial charge >= 0.3 is 0 Å². The molecule has 0 radical (unpaired) electrons. The molecule has 5 heterocycles. The average molecular weight is 583 g/mol. The second-order valence-electron chi connectivity index (χ2n) is 9.42. The second-order valence-corrected chi connectivity index (χ2v) is 10.6. The molecule has 1 aliphatic heterocycles. The van der Waals surface area contributed by atoms with Crippen molar-refractivity contribution in [1.82, 2.24) is 35.1 Å². The summed E-state index contributed by atoms with van der Waals surface area (Å²) >= 11 is 10.7. The largest absolute Gasteiger partial charge is 0.492 e. The minimum absolute atomic E-state index is 0.0282. The van der Waals surface area contributed by atoms with Crippen molar-refractivity contribution in [2.75, 3.05) is 24.6 Å². The Bertz CT molecular complexity index is 1730. The highest BCUT2D eigenvalue weighted by molar-refractivity contribution is 7.81. The summed E-state index contributed by atoms with van der Waals surface area (Å²) < 4.78 is 21.1. The number of fused-ring (bicyclic) bond motifs is 3. The van der Waals surface area contributed by atoms with Crippen LogP contribution in [0.1, 0.15) is 23.7 Å². The highest BCUT2D eigenvalue weighted by atomic mass is 35.5. The number of hydrogen-bond donors (Lipinski definition) is 4. The molecule has 206 valence electrons. The molecule has 11 nitrogen and oxygen atoms in total. The number of benzene rings is 1. The van der Waals surface area contributed by atoms with Gasteiger partial charge < -0.3 is 20.1 Å². The third kappa shape index (κ3) is 4.69. The first-order valence-corrected chi connectivity index (χ1v) is 13.3. The molecule has 1 amide bonds. The Balaban J connectivity index is 1.22. The van der Waals surface area contributed by atoms with Gasteiger partial charge in [0.15, 0.2) is 5.65 Å². The first kappa shape index (κ1) is 26.3. The molecular weight excluding hydrogens is 559 g/mol. The van der Waals surface area contributed by atoms with E-state index in [1.165, 1.54) is 12.1 Å². The number of pyridine rings is 1. The minimum atomic E-state index is -1.25. The number of nitrogens with one attached hydrogen (secondary N) is 2. The van der Waals surface area contributed by atoms with Crippen LogP contribution in [0.15, 0.2) is 49.1 Å². The second kappa shape index (κ2) is 10.2. The number of anilines is 1. The number of H-pyrrole nitrogens is 1. The van der Waals surface area contributed by atoms with Crippen LogP contribution in [0.5, 0.6) is 5.75 Å². The fraction of sp³-hybridized carbons (Fsp3) is 0.269. The maximum atomic E-state index is 13.7. The molecule has 1 aromatic carbocycles. The summed E-state index contributed by atoms with van der Waals surface area (Å²) in [6.45, 7) is 2.96. The number of carbonyl (C=O) groups excluding carboxylic acids is 1. The molecule has 1 aliphatic rings. The van der Waals surface area contributed by atoms with Gasteiger partial charge in [-0.25, -0.2) is 13.9 Å². The molecular formula is C26H24ClFN8O3S. The molecule has 2 atom stereocenters. The Morgan fingerprint density at radius 1 is 1.32 bits per heavy atom. The van der Waals surface area contributed by atoms with Crippen molar-refractivity contribution in [2.24, 2.45) is 0 Å². The van der Waals surface area contributed by atoms with Gasteiger partial charge in [0, 0.05) is 18.7 Å². The number of amides is 1. The number of piperidine rings is 1. The zero-order valence-corrected chi connectivity index (χ0v) is 22.8. The van der Waals surface area contributed by atoms with Crippen molar-refractivity contribution in [2.45, 2.75) is 24.3 Å². The Labute approximate surface area is 237 Å². The van der Waals surface area contributed by atoms with E-state index in [1.807, 2.05) is 17.9 Å². The number of aromatic amines is 1. The maximum Gasteiger partial charge on any atom is 0.254 e. The highest BCUT2D eigenvalue weighted by Gasteiger charge is 2.41. The SMILES string of the molecule is CCOc1cc(-c2cnc(N3CC[C@@](S)(NC(=O)c4cc(F)ccc4Cl)[C@@H](O)C3)cn2)c2c3cn[nH]c3nn2c1. The predicted octanol–water partition coefficient (Wildman–Crippen LogP) is 3.49. The third-order valence-electron chi connectivity index (χ3n) is 6.86. The number of β-amino-alcohol motifs (C(OH)–C–C–N with tert-alkyl or cyclic N) is 1. The Morgan fingerprint density at radius 3 is 2.92 bits per heavy atom. The number of halogens is 2. The van der Waals surface area contributed by atoms with E-state index in [2.05, 4.69) is 43.2 Å². The van der Waals surface area contributed by atoms with Gasteiger partial charge in [0.05, 0.1) is 58.6 Å². The molecule has 0 aliphatic carbocycles. The summed E-state index contributed by atoms with van der Waals surface area (Å²) in [4.78, 5) is 22.7. The van der Waals surface area contributed by atoms with E-state index in [9.17, 15) is 14.3 Å². The van der Waals surface area contributed by atoms with Crippen LogP contribution in [0.25, 0.3) is 27.8 Å². The van der Waals surface area contributed by atoms with Gasteiger partial charge in [-0.1, -0.05) is 11.6 Å². The monoisotopic (exact) mass is 582 g/mol. The lowest BCUT2D eigenvalue weighted by Crippen LogP contribution is -2.61. The van der Waals surface area contributed by atoms with E-state index in [0.29, 0.717) is 36.1 Å². The van der Waals surface area contributed by atoms with E-state index in [-0.39, 0.29) is 23.6 Å². The summed E-state index contributed by atoms with van der Waals surface area (Å²) in [6.07, 6.45) is 6.02. The lowest BCUT2D eigenvalue weighted by atomic mass is 10.00. The molecule has 4 aromatic heterocycles. The quantitative estimate of drug-likeness (QED) is 0.177. The number of thiol groups is 1. The maximum absolute atomic E-state index is 13.7. The van der Waals surface area contributed by atoms with E-state index < -0.39 is 22.7 Å². The lowest BCUT2D eigenvalue weighted by molar-refractivity contribution is 0.0729. The molecule has 0 bridgehead atoms. The van der Waals surface area contributed by atoms with Crippen molar-refractivity contribution in [3.63, 3.8) is 0 Å². The number of aliphatic hydroxyl groups excluding tert-OH is 1. The number of hydrogen-bond acceptors (Lipinski definition) is 9. The number of nitrogens with zero attached hydrogens (tertiary/aromatic N) is 6. The van der Waals surface area contributed by atoms with Gasteiger partial charge in [0.25, 0.3) is 5.91 Å². The van der Waals surface area contributed by atoms with E-state index in [4.69, 9.17) is 16.3 Å². The van der Waals surface area contributed by atoms with E-state index in [1.54, 1.807) is 29.3 Å². The minimum Gasteiger partial charge on any atom is -0.492 e. The summed E-state index contributed by atoms with van der Waals surface area (Å²) in [6, 6.07) is 5.42.